The second kappa shape index (κ2) is 4.10. The normalized spacial score (nSPS) is 9.10. The van der Waals surface area contributed by atoms with Crippen molar-refractivity contribution in [2.75, 3.05) is 0 Å². The molecule has 51 valence electrons. The van der Waals surface area contributed by atoms with Crippen molar-refractivity contribution in [3.8, 4) is 0 Å². The van der Waals surface area contributed by atoms with Crippen molar-refractivity contribution in [3.05, 3.63) is 30.1 Å². The smallest absolute Gasteiger partial charge is 0.0270 e. The molecule has 0 saturated heterocycles. The van der Waals surface area contributed by atoms with E-state index in [0.29, 0.717) is 5.92 Å². The molecule has 0 amide bonds. The number of aromatic nitrogens is 1. The fourth-order valence-corrected chi connectivity index (χ4v) is 0.748. The highest BCUT2D eigenvalue weighted by atomic mass is 14.6. The van der Waals surface area contributed by atoms with E-state index in [0.717, 1.165) is 0 Å². The molecule has 0 aliphatic heterocycles. The highest BCUT2D eigenvalue weighted by Crippen LogP contribution is 2.10. The van der Waals surface area contributed by atoms with Crippen LogP contribution in [0.5, 0.6) is 0 Å². The van der Waals surface area contributed by atoms with E-state index in [9.17, 15) is 0 Å². The Morgan fingerprint density at radius 3 is 2.00 bits per heavy atom. The molecule has 10 heavy (non-hydrogen) atoms. The van der Waals surface area contributed by atoms with Gasteiger partial charge in [-0.1, -0.05) is 13.8 Å². The van der Waals surface area contributed by atoms with Gasteiger partial charge in [0.25, 0.3) is 0 Å². The zero-order valence-electron chi connectivity index (χ0n) is 6.41. The first kappa shape index (κ1) is 9.21. The maximum atomic E-state index is 3.93. The van der Waals surface area contributed by atoms with Gasteiger partial charge in [-0.05, 0) is 23.6 Å². The Hall–Kier alpha value is -0.785. The third kappa shape index (κ3) is 2.22. The maximum Gasteiger partial charge on any atom is 0.0270 e. The topological polar surface area (TPSA) is 12.9 Å². The summed E-state index contributed by atoms with van der Waals surface area (Å²) in [6.45, 7) is 4.35. The minimum Gasteiger partial charge on any atom is -0.265 e. The van der Waals surface area contributed by atoms with Crippen LogP contribution in [0.2, 0.25) is 0 Å². The summed E-state index contributed by atoms with van der Waals surface area (Å²) < 4.78 is 0. The van der Waals surface area contributed by atoms with Crippen LogP contribution in [-0.2, 0) is 0 Å². The van der Waals surface area contributed by atoms with Gasteiger partial charge in [-0.2, -0.15) is 0 Å². The second-order valence-electron chi connectivity index (χ2n) is 2.44. The van der Waals surface area contributed by atoms with Crippen LogP contribution in [0.15, 0.2) is 24.5 Å². The van der Waals surface area contributed by atoms with E-state index in [1.807, 2.05) is 24.5 Å². The maximum absolute atomic E-state index is 3.93. The lowest BCUT2D eigenvalue weighted by Crippen LogP contribution is -1.85. The summed E-state index contributed by atoms with van der Waals surface area (Å²) in [7, 11) is 0. The molecule has 1 heterocycles. The van der Waals surface area contributed by atoms with Gasteiger partial charge in [0.15, 0.2) is 0 Å². The number of hydrogen-bond donors (Lipinski definition) is 0. The number of nitrogens with zero attached hydrogens (tertiary/aromatic N) is 1. The Kier molecular flexibility index (Phi) is 3.78. The third-order valence-corrected chi connectivity index (χ3v) is 1.37. The monoisotopic (exact) mass is 132 g/mol. The highest BCUT2D eigenvalue weighted by Gasteiger charge is 1.93. The van der Waals surface area contributed by atoms with Crippen molar-refractivity contribution in [2.24, 2.45) is 0 Å². The van der Waals surface area contributed by atoms with Crippen LogP contribution in [0.25, 0.3) is 0 Å². The first-order chi connectivity index (χ1) is 4.30. The van der Waals surface area contributed by atoms with Crippen LogP contribution in [0.3, 0.4) is 0 Å². The van der Waals surface area contributed by atoms with Crippen LogP contribution in [-0.4, -0.2) is 13.4 Å². The lowest BCUT2D eigenvalue weighted by molar-refractivity contribution is 0.863. The predicted molar refractivity (Wildman–Crippen MR) is 44.1 cm³/mol. The van der Waals surface area contributed by atoms with Crippen molar-refractivity contribution in [3.63, 3.8) is 0 Å². The molecule has 3 radical (unpaired) electrons. The molecule has 2 heteroatoms. The van der Waals surface area contributed by atoms with E-state index >= 15 is 0 Å². The molecule has 0 N–H and O–H groups in total. The number of pyridine rings is 1. The van der Waals surface area contributed by atoms with E-state index in [1.165, 1.54) is 5.56 Å². The molecule has 0 aliphatic carbocycles. The number of rotatable bonds is 1. The van der Waals surface area contributed by atoms with Crippen LogP contribution in [0.1, 0.15) is 25.3 Å². The SMILES string of the molecule is CC(C)c1ccncc1.[B]. The zero-order chi connectivity index (χ0) is 6.69. The van der Waals surface area contributed by atoms with Crippen LogP contribution in [0, 0.1) is 0 Å². The summed E-state index contributed by atoms with van der Waals surface area (Å²) in [5.74, 6) is 0.619. The first-order valence-corrected chi connectivity index (χ1v) is 3.20. The fourth-order valence-electron chi connectivity index (χ4n) is 0.748. The molecule has 0 fully saturated rings. The Morgan fingerprint density at radius 2 is 1.70 bits per heavy atom. The largest absolute Gasteiger partial charge is 0.265 e. The van der Waals surface area contributed by atoms with E-state index in [-0.39, 0.29) is 8.41 Å². The zero-order valence-corrected chi connectivity index (χ0v) is 6.41. The summed E-state index contributed by atoms with van der Waals surface area (Å²) in [6, 6.07) is 4.09. The van der Waals surface area contributed by atoms with Crippen LogP contribution < -0.4 is 0 Å². The highest BCUT2D eigenvalue weighted by molar-refractivity contribution is 5.75. The van der Waals surface area contributed by atoms with Crippen molar-refractivity contribution < 1.29 is 0 Å². The van der Waals surface area contributed by atoms with E-state index < -0.39 is 0 Å². The molecule has 0 unspecified atom stereocenters. The minimum absolute atomic E-state index is 0. The summed E-state index contributed by atoms with van der Waals surface area (Å²) in [6.07, 6.45) is 3.66. The molecular formula is C8H11BN. The molecule has 1 rings (SSSR count). The molecule has 1 aromatic rings. The molecule has 1 nitrogen and oxygen atoms in total. The van der Waals surface area contributed by atoms with Gasteiger partial charge in [-0.15, -0.1) is 0 Å². The fraction of sp³-hybridized carbons (Fsp3) is 0.375. The van der Waals surface area contributed by atoms with Gasteiger partial charge >= 0.3 is 0 Å². The van der Waals surface area contributed by atoms with Gasteiger partial charge in [0, 0.05) is 20.8 Å². The summed E-state index contributed by atoms with van der Waals surface area (Å²) >= 11 is 0. The molecule has 0 bridgehead atoms. The Labute approximate surface area is 64.1 Å². The predicted octanol–water partition coefficient (Wildman–Crippen LogP) is 1.82. The van der Waals surface area contributed by atoms with Gasteiger partial charge in [0.05, 0.1) is 0 Å². The molecule has 0 aromatic carbocycles. The van der Waals surface area contributed by atoms with Crippen molar-refractivity contribution in [1.29, 1.82) is 0 Å². The molecular weight excluding hydrogens is 121 g/mol. The molecule has 1 aromatic heterocycles. The quantitative estimate of drug-likeness (QED) is 0.531. The molecule has 0 atom stereocenters. The van der Waals surface area contributed by atoms with Gasteiger partial charge in [-0.25, -0.2) is 0 Å². The van der Waals surface area contributed by atoms with E-state index in [1.54, 1.807) is 0 Å². The van der Waals surface area contributed by atoms with Gasteiger partial charge < -0.3 is 0 Å². The summed E-state index contributed by atoms with van der Waals surface area (Å²) in [5, 5.41) is 0. The Morgan fingerprint density at radius 1 is 1.20 bits per heavy atom. The minimum atomic E-state index is 0. The van der Waals surface area contributed by atoms with E-state index in [4.69, 9.17) is 0 Å². The van der Waals surface area contributed by atoms with Crippen LogP contribution in [0.4, 0.5) is 0 Å². The summed E-state index contributed by atoms with van der Waals surface area (Å²) in [4.78, 5) is 3.93. The van der Waals surface area contributed by atoms with Crippen molar-refractivity contribution in [1.82, 2.24) is 4.98 Å². The lowest BCUT2D eigenvalue weighted by atomic mass is 10.1. The number of hydrogen-bond acceptors (Lipinski definition) is 1. The van der Waals surface area contributed by atoms with E-state index in [2.05, 4.69) is 18.8 Å². The van der Waals surface area contributed by atoms with Gasteiger partial charge in [0.2, 0.25) is 0 Å². The lowest BCUT2D eigenvalue weighted by Gasteiger charge is -2.01. The van der Waals surface area contributed by atoms with Crippen LogP contribution >= 0.6 is 0 Å². The molecule has 0 aliphatic rings. The first-order valence-electron chi connectivity index (χ1n) is 3.20. The van der Waals surface area contributed by atoms with Crippen molar-refractivity contribution in [2.45, 2.75) is 19.8 Å². The third-order valence-electron chi connectivity index (χ3n) is 1.37. The Balaban J connectivity index is 0.000000810. The van der Waals surface area contributed by atoms with Crippen molar-refractivity contribution >= 4 is 8.41 Å². The standard InChI is InChI=1S/C8H11N.B/c1-7(2)8-3-5-9-6-4-8;/h3-7H,1-2H3;. The second-order valence-corrected chi connectivity index (χ2v) is 2.44. The average molecular weight is 132 g/mol. The molecule has 0 spiro atoms. The summed E-state index contributed by atoms with van der Waals surface area (Å²) in [5.41, 5.74) is 1.35. The Bertz CT molecular complexity index is 172. The molecule has 0 saturated carbocycles. The van der Waals surface area contributed by atoms with Gasteiger partial charge in [0.1, 0.15) is 0 Å². The average Bonchev–Trinajstić information content (AvgIpc) is 1.90. The van der Waals surface area contributed by atoms with Gasteiger partial charge in [-0.3, -0.25) is 4.98 Å².